The molecule has 3 aromatic rings. The van der Waals surface area contributed by atoms with Gasteiger partial charge in [-0.25, -0.2) is 8.42 Å². The second kappa shape index (κ2) is 7.84. The van der Waals surface area contributed by atoms with Crippen LogP contribution in [-0.4, -0.2) is 31.1 Å². The summed E-state index contributed by atoms with van der Waals surface area (Å²) in [6.45, 7) is 2.39. The third kappa shape index (κ3) is 4.10. The number of nitrogens with one attached hydrogen (secondary N) is 1. The molecule has 0 radical (unpaired) electrons. The lowest BCUT2D eigenvalue weighted by molar-refractivity contribution is -0.133. The Kier molecular flexibility index (Phi) is 5.25. The SMILES string of the molecule is C[C@H](N=C1NS(=O)(=O)c2ccccc21)C(=O)N(Cc1ccco1)Cc1cccs1. The van der Waals surface area contributed by atoms with Crippen molar-refractivity contribution in [3.05, 3.63) is 76.4 Å². The maximum atomic E-state index is 13.2. The molecular formula is C20H19N3O4S2. The summed E-state index contributed by atoms with van der Waals surface area (Å²) in [5.41, 5.74) is 0.475. The number of hydrogen-bond donors (Lipinski definition) is 1. The quantitative estimate of drug-likeness (QED) is 0.652. The van der Waals surface area contributed by atoms with Crippen LogP contribution in [0.5, 0.6) is 0 Å². The Morgan fingerprint density at radius 3 is 2.72 bits per heavy atom. The number of thiophene rings is 1. The summed E-state index contributed by atoms with van der Waals surface area (Å²) >= 11 is 1.56. The molecule has 1 amide bonds. The van der Waals surface area contributed by atoms with Gasteiger partial charge in [-0.05, 0) is 42.6 Å². The van der Waals surface area contributed by atoms with Gasteiger partial charge in [-0.1, -0.05) is 18.2 Å². The Morgan fingerprint density at radius 2 is 2.00 bits per heavy atom. The maximum absolute atomic E-state index is 13.2. The summed E-state index contributed by atoms with van der Waals surface area (Å²) in [5, 5.41) is 1.96. The van der Waals surface area contributed by atoms with E-state index < -0.39 is 16.1 Å². The molecule has 0 spiro atoms. The lowest BCUT2D eigenvalue weighted by atomic mass is 10.2. The average Bonchev–Trinajstić information content (AvgIpc) is 3.44. The van der Waals surface area contributed by atoms with Crippen LogP contribution in [-0.2, 0) is 27.9 Å². The fraction of sp³-hybridized carbons (Fsp3) is 0.200. The number of carbonyl (C=O) groups excluding carboxylic acids is 1. The Labute approximate surface area is 172 Å². The number of benzene rings is 1. The van der Waals surface area contributed by atoms with Crippen LogP contribution in [0, 0.1) is 0 Å². The minimum Gasteiger partial charge on any atom is -0.467 e. The standard InChI is InChI=1S/C20H19N3O4S2/c1-14(21-19-17-8-2-3-9-18(17)29(25,26)22-19)20(24)23(12-15-6-4-10-27-15)13-16-7-5-11-28-16/h2-11,14H,12-13H2,1H3,(H,21,22)/t14-/m0/s1. The number of rotatable bonds is 6. The predicted molar refractivity (Wildman–Crippen MR) is 110 cm³/mol. The van der Waals surface area contributed by atoms with E-state index in [-0.39, 0.29) is 16.6 Å². The van der Waals surface area contributed by atoms with Crippen LogP contribution in [0.1, 0.15) is 23.1 Å². The van der Waals surface area contributed by atoms with Gasteiger partial charge in [0.25, 0.3) is 10.0 Å². The van der Waals surface area contributed by atoms with Crippen molar-refractivity contribution in [1.29, 1.82) is 0 Å². The molecule has 2 aromatic heterocycles. The number of aliphatic imine (C=N–C) groups is 1. The third-order valence-electron chi connectivity index (χ3n) is 4.51. The van der Waals surface area contributed by atoms with Crippen LogP contribution in [0.15, 0.2) is 74.5 Å². The van der Waals surface area contributed by atoms with E-state index in [0.717, 1.165) is 4.88 Å². The highest BCUT2D eigenvalue weighted by Gasteiger charge is 2.32. The monoisotopic (exact) mass is 429 g/mol. The van der Waals surface area contributed by atoms with E-state index in [1.165, 1.54) is 6.07 Å². The molecule has 0 bridgehead atoms. The van der Waals surface area contributed by atoms with Crippen molar-refractivity contribution in [1.82, 2.24) is 9.62 Å². The van der Waals surface area contributed by atoms with Crippen LogP contribution in [0.3, 0.4) is 0 Å². The normalized spacial score (nSPS) is 16.9. The molecule has 0 saturated carbocycles. The predicted octanol–water partition coefficient (Wildman–Crippen LogP) is 3.00. The van der Waals surface area contributed by atoms with Gasteiger partial charge in [0.05, 0.1) is 24.2 Å². The Balaban J connectivity index is 1.59. The molecule has 1 aliphatic rings. The maximum Gasteiger partial charge on any atom is 0.263 e. The number of amidine groups is 1. The molecule has 150 valence electrons. The highest BCUT2D eigenvalue weighted by molar-refractivity contribution is 7.90. The van der Waals surface area contributed by atoms with E-state index >= 15 is 0 Å². The Hall–Kier alpha value is -2.91. The number of hydrogen-bond acceptors (Lipinski definition) is 6. The zero-order valence-corrected chi connectivity index (χ0v) is 17.2. The first-order valence-corrected chi connectivity index (χ1v) is 11.3. The van der Waals surface area contributed by atoms with Crippen molar-refractivity contribution < 1.29 is 17.6 Å². The van der Waals surface area contributed by atoms with Crippen LogP contribution < -0.4 is 4.72 Å². The van der Waals surface area contributed by atoms with Crippen molar-refractivity contribution in [3.8, 4) is 0 Å². The van der Waals surface area contributed by atoms with E-state index in [2.05, 4.69) is 9.71 Å². The van der Waals surface area contributed by atoms with Crippen LogP contribution in [0.4, 0.5) is 0 Å². The van der Waals surface area contributed by atoms with Gasteiger partial charge in [-0.15, -0.1) is 11.3 Å². The second-order valence-corrected chi connectivity index (χ2v) is 9.29. The number of fused-ring (bicyclic) bond motifs is 1. The summed E-state index contributed by atoms with van der Waals surface area (Å²) in [7, 11) is -3.65. The minimum atomic E-state index is -3.65. The van der Waals surface area contributed by atoms with Gasteiger partial charge >= 0.3 is 0 Å². The van der Waals surface area contributed by atoms with E-state index in [1.807, 2.05) is 23.6 Å². The summed E-state index contributed by atoms with van der Waals surface area (Å²) in [6, 6.07) is 13.3. The molecule has 0 saturated heterocycles. The molecule has 1 atom stereocenters. The number of furan rings is 1. The smallest absolute Gasteiger partial charge is 0.263 e. The Bertz CT molecular complexity index is 1100. The third-order valence-corrected chi connectivity index (χ3v) is 6.77. The van der Waals surface area contributed by atoms with E-state index in [9.17, 15) is 13.2 Å². The lowest BCUT2D eigenvalue weighted by Gasteiger charge is -2.23. The Morgan fingerprint density at radius 1 is 1.17 bits per heavy atom. The van der Waals surface area contributed by atoms with Crippen LogP contribution in [0.25, 0.3) is 0 Å². The molecule has 0 aliphatic carbocycles. The first-order valence-electron chi connectivity index (χ1n) is 8.97. The zero-order chi connectivity index (χ0) is 20.4. The first kappa shape index (κ1) is 19.4. The molecule has 0 fully saturated rings. The lowest BCUT2D eigenvalue weighted by Crippen LogP contribution is -2.37. The molecule has 9 heteroatoms. The molecular weight excluding hydrogens is 410 g/mol. The zero-order valence-electron chi connectivity index (χ0n) is 15.6. The molecule has 1 aromatic carbocycles. The largest absolute Gasteiger partial charge is 0.467 e. The number of nitrogens with zero attached hydrogens (tertiary/aromatic N) is 2. The fourth-order valence-corrected chi connectivity index (χ4v) is 5.09. The second-order valence-electron chi connectivity index (χ2n) is 6.61. The molecule has 7 nitrogen and oxygen atoms in total. The van der Waals surface area contributed by atoms with Crippen molar-refractivity contribution in [2.75, 3.05) is 0 Å². The molecule has 1 aliphatic heterocycles. The topological polar surface area (TPSA) is 92.0 Å². The summed E-state index contributed by atoms with van der Waals surface area (Å²) in [6.07, 6.45) is 1.57. The van der Waals surface area contributed by atoms with Gasteiger partial charge < -0.3 is 9.32 Å². The minimum absolute atomic E-state index is 0.171. The summed E-state index contributed by atoms with van der Waals surface area (Å²) < 4.78 is 32.4. The number of sulfonamides is 1. The number of amides is 1. The van der Waals surface area contributed by atoms with Crippen molar-refractivity contribution >= 4 is 33.1 Å². The number of carbonyl (C=O) groups is 1. The first-order chi connectivity index (χ1) is 13.9. The van der Waals surface area contributed by atoms with Crippen LogP contribution in [0.2, 0.25) is 0 Å². The van der Waals surface area contributed by atoms with Crippen molar-refractivity contribution in [3.63, 3.8) is 0 Å². The van der Waals surface area contributed by atoms with Crippen LogP contribution >= 0.6 is 11.3 Å². The van der Waals surface area contributed by atoms with Gasteiger partial charge in [0.1, 0.15) is 17.6 Å². The highest BCUT2D eigenvalue weighted by Crippen LogP contribution is 2.23. The van der Waals surface area contributed by atoms with Gasteiger partial charge in [0, 0.05) is 10.4 Å². The van der Waals surface area contributed by atoms with Gasteiger partial charge in [-0.3, -0.25) is 14.5 Å². The highest BCUT2D eigenvalue weighted by atomic mass is 32.2. The van der Waals surface area contributed by atoms with Gasteiger partial charge in [0.2, 0.25) is 5.91 Å². The van der Waals surface area contributed by atoms with Gasteiger partial charge in [-0.2, -0.15) is 0 Å². The van der Waals surface area contributed by atoms with E-state index in [4.69, 9.17) is 4.42 Å². The molecule has 29 heavy (non-hydrogen) atoms. The molecule has 1 N–H and O–H groups in total. The van der Waals surface area contributed by atoms with Crippen molar-refractivity contribution in [2.24, 2.45) is 4.99 Å². The average molecular weight is 430 g/mol. The summed E-state index contributed by atoms with van der Waals surface area (Å²) in [5.74, 6) is 0.642. The molecule has 4 rings (SSSR count). The molecule has 0 unspecified atom stereocenters. The fourth-order valence-electron chi connectivity index (χ4n) is 3.14. The molecule has 3 heterocycles. The van der Waals surface area contributed by atoms with E-state index in [0.29, 0.717) is 24.4 Å². The summed E-state index contributed by atoms with van der Waals surface area (Å²) in [4.78, 5) is 20.4. The van der Waals surface area contributed by atoms with E-state index in [1.54, 1.807) is 53.7 Å². The van der Waals surface area contributed by atoms with Gasteiger partial charge in [0.15, 0.2) is 0 Å². The van der Waals surface area contributed by atoms with Crippen molar-refractivity contribution in [2.45, 2.75) is 31.0 Å².